The average Bonchev–Trinajstić information content (AvgIpc) is 2.98. The van der Waals surface area contributed by atoms with Crippen molar-refractivity contribution in [3.05, 3.63) is 46.3 Å². The van der Waals surface area contributed by atoms with Crippen molar-refractivity contribution in [1.82, 2.24) is 20.4 Å². The van der Waals surface area contributed by atoms with Gasteiger partial charge in [0.25, 0.3) is 0 Å². The fraction of sp³-hybridized carbons (Fsp3) is 0.545. The van der Waals surface area contributed by atoms with Gasteiger partial charge in [0, 0.05) is 44.1 Å². The van der Waals surface area contributed by atoms with Crippen molar-refractivity contribution in [3.63, 3.8) is 0 Å². The molecule has 2 rings (SSSR count). The van der Waals surface area contributed by atoms with Crippen LogP contribution in [0.25, 0.3) is 0 Å². The van der Waals surface area contributed by atoms with Crippen LogP contribution < -0.4 is 15.4 Å². The summed E-state index contributed by atoms with van der Waals surface area (Å²) in [5.41, 5.74) is 5.67. The number of aromatic nitrogens is 2. The van der Waals surface area contributed by atoms with Crippen LogP contribution in [0, 0.1) is 20.8 Å². The molecule has 0 saturated heterocycles. The maximum atomic E-state index is 5.91. The van der Waals surface area contributed by atoms with E-state index in [4.69, 9.17) is 9.47 Å². The third kappa shape index (κ3) is 6.49. The molecule has 2 aromatic rings. The molecule has 0 spiro atoms. The molecule has 0 unspecified atom stereocenters. The molecule has 7 nitrogen and oxygen atoms in total. The van der Waals surface area contributed by atoms with Gasteiger partial charge in [0.1, 0.15) is 5.75 Å². The molecular formula is C22H35N5O2. The summed E-state index contributed by atoms with van der Waals surface area (Å²) in [5, 5.41) is 11.4. The molecule has 1 aromatic carbocycles. The molecule has 7 heteroatoms. The third-order valence-electron chi connectivity index (χ3n) is 4.83. The normalized spacial score (nSPS) is 11.6. The number of hydrogen-bond acceptors (Lipinski definition) is 4. The topological polar surface area (TPSA) is 72.7 Å². The molecule has 0 fully saturated rings. The maximum absolute atomic E-state index is 5.91. The first-order valence-corrected chi connectivity index (χ1v) is 10.2. The zero-order chi connectivity index (χ0) is 21.2. The number of hydrogen-bond donors (Lipinski definition) is 2. The molecule has 0 atom stereocenters. The van der Waals surface area contributed by atoms with Crippen LogP contribution in [0.3, 0.4) is 0 Å². The van der Waals surface area contributed by atoms with E-state index in [2.05, 4.69) is 59.7 Å². The highest BCUT2D eigenvalue weighted by molar-refractivity contribution is 5.79. The molecule has 2 N–H and O–H groups in total. The summed E-state index contributed by atoms with van der Waals surface area (Å²) in [6.45, 7) is 11.7. The molecule has 0 aliphatic carbocycles. The van der Waals surface area contributed by atoms with Crippen LogP contribution in [-0.2, 0) is 24.4 Å². The van der Waals surface area contributed by atoms with Crippen LogP contribution in [0.2, 0.25) is 0 Å². The van der Waals surface area contributed by atoms with Gasteiger partial charge in [0.2, 0.25) is 0 Å². The average molecular weight is 402 g/mol. The van der Waals surface area contributed by atoms with E-state index in [0.717, 1.165) is 48.2 Å². The summed E-state index contributed by atoms with van der Waals surface area (Å²) >= 11 is 0. The molecule has 29 heavy (non-hydrogen) atoms. The lowest BCUT2D eigenvalue weighted by Crippen LogP contribution is -2.36. The lowest BCUT2D eigenvalue weighted by atomic mass is 10.1. The van der Waals surface area contributed by atoms with Crippen LogP contribution in [0.15, 0.2) is 23.2 Å². The summed E-state index contributed by atoms with van der Waals surface area (Å²) < 4.78 is 13.1. The van der Waals surface area contributed by atoms with E-state index < -0.39 is 0 Å². The van der Waals surface area contributed by atoms with Gasteiger partial charge < -0.3 is 20.1 Å². The first-order valence-electron chi connectivity index (χ1n) is 10.2. The van der Waals surface area contributed by atoms with Gasteiger partial charge in [-0.1, -0.05) is 19.1 Å². The number of ether oxygens (including phenoxy) is 2. The van der Waals surface area contributed by atoms with Crippen molar-refractivity contribution in [2.45, 2.75) is 53.8 Å². The van der Waals surface area contributed by atoms with Gasteiger partial charge in [-0.25, -0.2) is 0 Å². The molecule has 0 bridgehead atoms. The van der Waals surface area contributed by atoms with Crippen molar-refractivity contribution >= 4 is 5.96 Å². The van der Waals surface area contributed by atoms with Gasteiger partial charge in [0.15, 0.2) is 5.96 Å². The summed E-state index contributed by atoms with van der Waals surface area (Å²) in [4.78, 5) is 4.35. The number of aliphatic imine (C=N–C) groups is 1. The first-order chi connectivity index (χ1) is 14.0. The molecule has 1 heterocycles. The van der Waals surface area contributed by atoms with E-state index in [-0.39, 0.29) is 0 Å². The second-order valence-corrected chi connectivity index (χ2v) is 7.10. The van der Waals surface area contributed by atoms with E-state index in [1.165, 1.54) is 11.1 Å². The molecule has 160 valence electrons. The Morgan fingerprint density at radius 3 is 2.59 bits per heavy atom. The summed E-state index contributed by atoms with van der Waals surface area (Å²) in [6.07, 6.45) is 0.987. The minimum absolute atomic E-state index is 0.643. The van der Waals surface area contributed by atoms with E-state index >= 15 is 0 Å². The smallest absolute Gasteiger partial charge is 0.191 e. The molecule has 0 amide bonds. The lowest BCUT2D eigenvalue weighted by molar-refractivity contribution is 0.182. The Hall–Kier alpha value is -2.54. The molecular weight excluding hydrogens is 366 g/mol. The zero-order valence-electron chi connectivity index (χ0n) is 18.6. The predicted molar refractivity (Wildman–Crippen MR) is 118 cm³/mol. The van der Waals surface area contributed by atoms with Crippen LogP contribution in [0.5, 0.6) is 5.75 Å². The van der Waals surface area contributed by atoms with Gasteiger partial charge in [-0.05, 0) is 38.8 Å². The number of nitrogens with one attached hydrogen (secondary N) is 2. The molecule has 0 aliphatic heterocycles. The van der Waals surface area contributed by atoms with Crippen molar-refractivity contribution in [1.29, 1.82) is 0 Å². The fourth-order valence-electron chi connectivity index (χ4n) is 3.11. The van der Waals surface area contributed by atoms with Crippen LogP contribution in [-0.4, -0.2) is 43.1 Å². The highest BCUT2D eigenvalue weighted by atomic mass is 16.5. The monoisotopic (exact) mass is 401 g/mol. The highest BCUT2D eigenvalue weighted by Gasteiger charge is 2.12. The number of rotatable bonds is 10. The predicted octanol–water partition coefficient (Wildman–Crippen LogP) is 3.11. The SMILES string of the molecule is CCCOc1cc(C)ccc1CNC(=NC)NCc1c(C)nn(CCOC)c1C. The number of benzene rings is 1. The van der Waals surface area contributed by atoms with Gasteiger partial charge in [0.05, 0.1) is 25.5 Å². The number of aryl methyl sites for hydroxylation is 2. The number of guanidine groups is 1. The Morgan fingerprint density at radius 1 is 1.14 bits per heavy atom. The molecule has 0 radical (unpaired) electrons. The standard InChI is InChI=1S/C22H35N5O2/c1-7-11-29-21-13-16(2)8-9-19(21)14-24-22(23-5)25-15-20-17(3)26-27(18(20)4)10-12-28-6/h8-9,13H,7,10-12,14-15H2,1-6H3,(H2,23,24,25). The van der Waals surface area contributed by atoms with E-state index in [1.54, 1.807) is 14.2 Å². The second kappa shape index (κ2) is 11.5. The second-order valence-electron chi connectivity index (χ2n) is 7.10. The minimum Gasteiger partial charge on any atom is -0.493 e. The highest BCUT2D eigenvalue weighted by Crippen LogP contribution is 2.20. The van der Waals surface area contributed by atoms with Crippen molar-refractivity contribution in [2.24, 2.45) is 4.99 Å². The Balaban J connectivity index is 1.98. The molecule has 1 aromatic heterocycles. The van der Waals surface area contributed by atoms with Crippen LogP contribution >= 0.6 is 0 Å². The van der Waals surface area contributed by atoms with Crippen LogP contribution in [0.1, 0.15) is 41.4 Å². The van der Waals surface area contributed by atoms with E-state index in [9.17, 15) is 0 Å². The van der Waals surface area contributed by atoms with Crippen molar-refractivity contribution in [2.75, 3.05) is 27.4 Å². The first kappa shape index (κ1) is 22.7. The number of nitrogens with zero attached hydrogens (tertiary/aromatic N) is 3. The summed E-state index contributed by atoms with van der Waals surface area (Å²) in [5.74, 6) is 1.68. The Labute approximate surface area is 174 Å². The quantitative estimate of drug-likeness (QED) is 0.473. The molecule has 0 saturated carbocycles. The fourth-order valence-corrected chi connectivity index (χ4v) is 3.11. The van der Waals surface area contributed by atoms with Gasteiger partial charge in [-0.3, -0.25) is 9.67 Å². The van der Waals surface area contributed by atoms with Gasteiger partial charge in [-0.15, -0.1) is 0 Å². The van der Waals surface area contributed by atoms with Crippen molar-refractivity contribution in [3.8, 4) is 5.75 Å². The van der Waals surface area contributed by atoms with Gasteiger partial charge >= 0.3 is 0 Å². The van der Waals surface area contributed by atoms with Gasteiger partial charge in [-0.2, -0.15) is 5.10 Å². The lowest BCUT2D eigenvalue weighted by Gasteiger charge is -2.15. The van der Waals surface area contributed by atoms with E-state index in [1.807, 2.05) is 11.6 Å². The third-order valence-corrected chi connectivity index (χ3v) is 4.83. The number of methoxy groups -OCH3 is 1. The maximum Gasteiger partial charge on any atom is 0.191 e. The molecule has 0 aliphatic rings. The Bertz CT molecular complexity index is 814. The summed E-state index contributed by atoms with van der Waals surface area (Å²) in [7, 11) is 3.48. The zero-order valence-corrected chi connectivity index (χ0v) is 18.6. The Morgan fingerprint density at radius 2 is 1.90 bits per heavy atom. The van der Waals surface area contributed by atoms with E-state index in [0.29, 0.717) is 19.7 Å². The van der Waals surface area contributed by atoms with Crippen LogP contribution in [0.4, 0.5) is 0 Å². The Kier molecular flexibility index (Phi) is 8.99. The largest absolute Gasteiger partial charge is 0.493 e. The van der Waals surface area contributed by atoms with Crippen molar-refractivity contribution < 1.29 is 9.47 Å². The summed E-state index contributed by atoms with van der Waals surface area (Å²) in [6, 6.07) is 6.30. The minimum atomic E-state index is 0.643.